The van der Waals surface area contributed by atoms with Crippen LogP contribution in [0.3, 0.4) is 0 Å². The SMILES string of the molecule is Cl.NC[C@H]1CC[C@@H](C(=O)Nc2ccccc2C(=O)N2CCCCC2)O1. The summed E-state index contributed by atoms with van der Waals surface area (Å²) in [6, 6.07) is 7.18. The fourth-order valence-corrected chi connectivity index (χ4v) is 3.33. The average Bonchev–Trinajstić information content (AvgIpc) is 3.12. The Labute approximate surface area is 154 Å². The number of halogens is 1. The molecule has 3 N–H and O–H groups in total. The smallest absolute Gasteiger partial charge is 0.255 e. The number of nitrogens with two attached hydrogens (primary N) is 1. The van der Waals surface area contributed by atoms with E-state index < -0.39 is 6.10 Å². The largest absolute Gasteiger partial charge is 0.364 e. The highest BCUT2D eigenvalue weighted by atomic mass is 35.5. The van der Waals surface area contributed by atoms with Crippen molar-refractivity contribution in [3.63, 3.8) is 0 Å². The van der Waals surface area contributed by atoms with Crippen molar-refractivity contribution in [1.82, 2.24) is 4.90 Å². The second-order valence-corrected chi connectivity index (χ2v) is 6.45. The van der Waals surface area contributed by atoms with E-state index in [-0.39, 0.29) is 30.3 Å². The van der Waals surface area contributed by atoms with Crippen molar-refractivity contribution in [1.29, 1.82) is 0 Å². The van der Waals surface area contributed by atoms with Crippen LogP contribution in [0.4, 0.5) is 5.69 Å². The lowest BCUT2D eigenvalue weighted by Gasteiger charge is -2.27. The third kappa shape index (κ3) is 4.71. The molecule has 0 unspecified atom stereocenters. The summed E-state index contributed by atoms with van der Waals surface area (Å²) in [7, 11) is 0. The minimum absolute atomic E-state index is 0. The zero-order valence-corrected chi connectivity index (χ0v) is 15.1. The Morgan fingerprint density at radius 1 is 1.16 bits per heavy atom. The number of likely N-dealkylation sites (tertiary alicyclic amines) is 1. The molecule has 2 heterocycles. The minimum atomic E-state index is -0.489. The van der Waals surface area contributed by atoms with Crippen molar-refractivity contribution in [2.75, 3.05) is 25.0 Å². The molecule has 0 saturated carbocycles. The van der Waals surface area contributed by atoms with Crippen LogP contribution in [0, 0.1) is 0 Å². The molecular formula is C18H26ClN3O3. The van der Waals surface area contributed by atoms with Gasteiger partial charge in [0, 0.05) is 19.6 Å². The predicted octanol–water partition coefficient (Wildman–Crippen LogP) is 2.18. The molecule has 2 fully saturated rings. The van der Waals surface area contributed by atoms with E-state index in [9.17, 15) is 9.59 Å². The molecule has 2 atom stereocenters. The first-order valence-electron chi connectivity index (χ1n) is 8.73. The van der Waals surface area contributed by atoms with Gasteiger partial charge in [-0.3, -0.25) is 9.59 Å². The third-order valence-electron chi connectivity index (χ3n) is 4.72. The topological polar surface area (TPSA) is 84.7 Å². The summed E-state index contributed by atoms with van der Waals surface area (Å²) in [5.41, 5.74) is 6.68. The molecule has 0 aromatic heterocycles. The molecule has 25 heavy (non-hydrogen) atoms. The number of anilines is 1. The molecule has 138 valence electrons. The summed E-state index contributed by atoms with van der Waals surface area (Å²) in [6.45, 7) is 1.99. The summed E-state index contributed by atoms with van der Waals surface area (Å²) in [5, 5.41) is 2.86. The molecule has 7 heteroatoms. The van der Waals surface area contributed by atoms with Crippen molar-refractivity contribution in [2.45, 2.75) is 44.3 Å². The molecule has 1 aromatic carbocycles. The van der Waals surface area contributed by atoms with Gasteiger partial charge in [-0.15, -0.1) is 12.4 Å². The van der Waals surface area contributed by atoms with Crippen LogP contribution in [-0.2, 0) is 9.53 Å². The number of hydrogen-bond acceptors (Lipinski definition) is 4. The molecule has 6 nitrogen and oxygen atoms in total. The van der Waals surface area contributed by atoms with Crippen LogP contribution >= 0.6 is 12.4 Å². The molecule has 0 radical (unpaired) electrons. The second-order valence-electron chi connectivity index (χ2n) is 6.45. The molecule has 0 spiro atoms. The Hall–Kier alpha value is -1.63. The Morgan fingerprint density at radius 3 is 2.56 bits per heavy atom. The van der Waals surface area contributed by atoms with Gasteiger partial charge in [-0.05, 0) is 44.2 Å². The van der Waals surface area contributed by atoms with E-state index in [1.54, 1.807) is 12.1 Å². The maximum Gasteiger partial charge on any atom is 0.255 e. The summed E-state index contributed by atoms with van der Waals surface area (Å²) in [5.74, 6) is -0.220. The van der Waals surface area contributed by atoms with Gasteiger partial charge in [0.05, 0.1) is 17.4 Å². The number of piperidine rings is 1. The van der Waals surface area contributed by atoms with Gasteiger partial charge in [0.25, 0.3) is 11.8 Å². The Bertz CT molecular complexity index is 605. The number of hydrogen-bond donors (Lipinski definition) is 2. The predicted molar refractivity (Wildman–Crippen MR) is 99.0 cm³/mol. The lowest BCUT2D eigenvalue weighted by atomic mass is 10.1. The van der Waals surface area contributed by atoms with Crippen molar-refractivity contribution < 1.29 is 14.3 Å². The maximum absolute atomic E-state index is 12.7. The van der Waals surface area contributed by atoms with Crippen molar-refractivity contribution in [2.24, 2.45) is 5.73 Å². The van der Waals surface area contributed by atoms with E-state index in [1.165, 1.54) is 6.42 Å². The number of amides is 2. The van der Waals surface area contributed by atoms with Crippen LogP contribution in [0.15, 0.2) is 24.3 Å². The van der Waals surface area contributed by atoms with E-state index in [4.69, 9.17) is 10.5 Å². The van der Waals surface area contributed by atoms with Crippen molar-refractivity contribution in [3.8, 4) is 0 Å². The van der Waals surface area contributed by atoms with Crippen molar-refractivity contribution in [3.05, 3.63) is 29.8 Å². The fourth-order valence-electron chi connectivity index (χ4n) is 3.33. The normalized spacial score (nSPS) is 23.0. The van der Waals surface area contributed by atoms with Crippen LogP contribution in [-0.4, -0.2) is 48.6 Å². The Kier molecular flexibility index (Phi) is 7.23. The average molecular weight is 368 g/mol. The first-order chi connectivity index (χ1) is 11.7. The molecule has 2 amide bonds. The summed E-state index contributed by atoms with van der Waals surface area (Å²) in [4.78, 5) is 27.0. The summed E-state index contributed by atoms with van der Waals surface area (Å²) in [6.07, 6.45) is 4.16. The van der Waals surface area contributed by atoms with Crippen molar-refractivity contribution >= 4 is 29.9 Å². The monoisotopic (exact) mass is 367 g/mol. The van der Waals surface area contributed by atoms with Gasteiger partial charge >= 0.3 is 0 Å². The van der Waals surface area contributed by atoms with Gasteiger partial charge in [0.1, 0.15) is 6.10 Å². The zero-order chi connectivity index (χ0) is 16.9. The third-order valence-corrected chi connectivity index (χ3v) is 4.72. The standard InChI is InChI=1S/C18H25N3O3.ClH/c19-12-13-8-9-16(24-13)17(22)20-15-7-3-2-6-14(15)18(23)21-10-4-1-5-11-21;/h2-3,6-7,13,16H,1,4-5,8-12,19H2,(H,20,22);1H/t13-,16+;/m1./s1. The van der Waals surface area contributed by atoms with Crippen LogP contribution in [0.2, 0.25) is 0 Å². The van der Waals surface area contributed by atoms with Gasteiger partial charge in [0.2, 0.25) is 0 Å². The zero-order valence-electron chi connectivity index (χ0n) is 14.3. The molecule has 2 aliphatic rings. The van der Waals surface area contributed by atoms with Gasteiger partial charge in [-0.25, -0.2) is 0 Å². The van der Waals surface area contributed by atoms with Gasteiger partial charge in [-0.1, -0.05) is 12.1 Å². The number of para-hydroxylation sites is 1. The number of carbonyl (C=O) groups is 2. The highest BCUT2D eigenvalue weighted by Crippen LogP contribution is 2.23. The molecule has 0 aliphatic carbocycles. The van der Waals surface area contributed by atoms with E-state index in [0.717, 1.165) is 32.4 Å². The highest BCUT2D eigenvalue weighted by Gasteiger charge is 2.30. The molecule has 2 aliphatic heterocycles. The second kappa shape index (κ2) is 9.17. The van der Waals surface area contributed by atoms with Crippen LogP contribution in [0.25, 0.3) is 0 Å². The number of ether oxygens (including phenoxy) is 1. The van der Waals surface area contributed by atoms with E-state index >= 15 is 0 Å². The first-order valence-corrected chi connectivity index (χ1v) is 8.73. The van der Waals surface area contributed by atoms with E-state index in [0.29, 0.717) is 24.2 Å². The van der Waals surface area contributed by atoms with Gasteiger partial charge < -0.3 is 20.7 Å². The summed E-state index contributed by atoms with van der Waals surface area (Å²) < 4.78 is 5.63. The highest BCUT2D eigenvalue weighted by molar-refractivity contribution is 6.04. The number of nitrogens with zero attached hydrogens (tertiary/aromatic N) is 1. The Balaban J connectivity index is 0.00000225. The molecular weight excluding hydrogens is 342 g/mol. The van der Waals surface area contributed by atoms with Gasteiger partial charge in [-0.2, -0.15) is 0 Å². The number of carbonyl (C=O) groups excluding carboxylic acids is 2. The van der Waals surface area contributed by atoms with Crippen LogP contribution in [0.5, 0.6) is 0 Å². The summed E-state index contributed by atoms with van der Waals surface area (Å²) >= 11 is 0. The quantitative estimate of drug-likeness (QED) is 0.854. The molecule has 2 saturated heterocycles. The number of benzene rings is 1. The van der Waals surface area contributed by atoms with Crippen LogP contribution in [0.1, 0.15) is 42.5 Å². The van der Waals surface area contributed by atoms with E-state index in [1.807, 2.05) is 17.0 Å². The maximum atomic E-state index is 12.7. The van der Waals surface area contributed by atoms with Crippen LogP contribution < -0.4 is 11.1 Å². The lowest BCUT2D eigenvalue weighted by molar-refractivity contribution is -0.126. The number of nitrogens with one attached hydrogen (secondary N) is 1. The minimum Gasteiger partial charge on any atom is -0.364 e. The molecule has 3 rings (SSSR count). The Morgan fingerprint density at radius 2 is 1.88 bits per heavy atom. The molecule has 1 aromatic rings. The van der Waals surface area contributed by atoms with E-state index in [2.05, 4.69) is 5.32 Å². The lowest BCUT2D eigenvalue weighted by Crippen LogP contribution is -2.36. The fraction of sp³-hybridized carbons (Fsp3) is 0.556. The van der Waals surface area contributed by atoms with Gasteiger partial charge in [0.15, 0.2) is 0 Å². The molecule has 0 bridgehead atoms. The first kappa shape index (κ1) is 19.7. The number of rotatable bonds is 4.